The third-order valence-electron chi connectivity index (χ3n) is 9.57. The Balaban J connectivity index is 1.08. The van der Waals surface area contributed by atoms with Gasteiger partial charge in [-0.05, 0) is 89.3 Å². The van der Waals surface area contributed by atoms with Gasteiger partial charge in [-0.2, -0.15) is 0 Å². The molecule has 11 unspecified atom stereocenters. The molecule has 5 fully saturated rings. The summed E-state index contributed by atoms with van der Waals surface area (Å²) in [6.07, 6.45) is 8.29. The van der Waals surface area contributed by atoms with Crippen molar-refractivity contribution in [1.29, 1.82) is 0 Å². The topological polar surface area (TPSA) is 111 Å². The van der Waals surface area contributed by atoms with Crippen LogP contribution in [-0.2, 0) is 9.53 Å². The smallest absolute Gasteiger partial charge is 0.238 e. The molecule has 5 aliphatic rings. The van der Waals surface area contributed by atoms with Crippen molar-refractivity contribution in [1.82, 2.24) is 37.2 Å². The minimum atomic E-state index is -0.0617. The predicted octanol–water partition coefficient (Wildman–Crippen LogP) is 0.528. The van der Waals surface area contributed by atoms with E-state index in [4.69, 9.17) is 4.74 Å². The zero-order chi connectivity index (χ0) is 25.8. The molecule has 0 aromatic heterocycles. The van der Waals surface area contributed by atoms with Crippen LogP contribution in [0.2, 0.25) is 0 Å². The van der Waals surface area contributed by atoms with E-state index in [1.54, 1.807) is 0 Å². The third-order valence-corrected chi connectivity index (χ3v) is 11.0. The Bertz CT molecular complexity index is 748. The molecule has 0 aromatic carbocycles. The van der Waals surface area contributed by atoms with Crippen molar-refractivity contribution in [2.45, 2.75) is 107 Å². The number of methoxy groups -OCH3 is 1. The van der Waals surface area contributed by atoms with E-state index < -0.39 is 0 Å². The molecule has 4 heterocycles. The Labute approximate surface area is 227 Å². The summed E-state index contributed by atoms with van der Waals surface area (Å²) < 4.78 is 5.63. The van der Waals surface area contributed by atoms with E-state index in [2.05, 4.69) is 51.1 Å². The van der Waals surface area contributed by atoms with Gasteiger partial charge in [0.15, 0.2) is 0 Å². The second-order valence-electron chi connectivity index (χ2n) is 12.3. The highest BCUT2D eigenvalue weighted by atomic mass is 32.2. The predicted molar refractivity (Wildman–Crippen MR) is 150 cm³/mol. The highest BCUT2D eigenvalue weighted by Gasteiger charge is 2.38. The largest absolute Gasteiger partial charge is 0.380 e. The Morgan fingerprint density at radius 3 is 2.65 bits per heavy atom. The number of thioether (sulfide) groups is 1. The molecule has 0 aromatic rings. The summed E-state index contributed by atoms with van der Waals surface area (Å²) in [7, 11) is 1.82. The number of nitrogens with one attached hydrogen (secondary N) is 7. The van der Waals surface area contributed by atoms with Crippen LogP contribution in [-0.4, -0.2) is 92.9 Å². The molecular weight excluding hydrogens is 486 g/mol. The molecule has 1 aliphatic carbocycles. The zero-order valence-corrected chi connectivity index (χ0v) is 23.9. The van der Waals surface area contributed by atoms with Gasteiger partial charge in [0.05, 0.1) is 17.5 Å². The number of carbonyl (C=O) groups is 1. The van der Waals surface area contributed by atoms with Gasteiger partial charge in [-0.15, -0.1) is 11.8 Å². The van der Waals surface area contributed by atoms with Gasteiger partial charge in [-0.25, -0.2) is 0 Å². The molecule has 1 saturated carbocycles. The van der Waals surface area contributed by atoms with Crippen molar-refractivity contribution in [3.8, 4) is 0 Å². The second kappa shape index (κ2) is 13.3. The normalized spacial score (nSPS) is 45.4. The minimum Gasteiger partial charge on any atom is -0.380 e. The fourth-order valence-electron chi connectivity index (χ4n) is 7.20. The average molecular weight is 538 g/mol. The summed E-state index contributed by atoms with van der Waals surface area (Å²) >= 11 is 1.95. The van der Waals surface area contributed by atoms with E-state index >= 15 is 0 Å². The molecule has 0 radical (unpaired) electrons. The summed E-state index contributed by atoms with van der Waals surface area (Å²) in [5.41, 5.74) is 0. The van der Waals surface area contributed by atoms with Crippen molar-refractivity contribution < 1.29 is 9.53 Å². The average Bonchev–Trinajstić information content (AvgIpc) is 3.42. The van der Waals surface area contributed by atoms with Gasteiger partial charge >= 0.3 is 0 Å². The van der Waals surface area contributed by atoms with E-state index in [0.29, 0.717) is 47.4 Å². The number of hydrogen-bond donors (Lipinski definition) is 7. The van der Waals surface area contributed by atoms with Crippen molar-refractivity contribution in [3.63, 3.8) is 0 Å². The number of ether oxygens (including phenoxy) is 1. The molecule has 37 heavy (non-hydrogen) atoms. The fourth-order valence-corrected chi connectivity index (χ4v) is 8.63. The first kappa shape index (κ1) is 28.1. The Morgan fingerprint density at radius 1 is 0.946 bits per heavy atom. The zero-order valence-electron chi connectivity index (χ0n) is 23.1. The highest BCUT2D eigenvalue weighted by Crippen LogP contribution is 2.32. The van der Waals surface area contributed by atoms with E-state index in [1.807, 2.05) is 18.9 Å². The summed E-state index contributed by atoms with van der Waals surface area (Å²) in [5.74, 6) is 2.93. The molecule has 0 spiro atoms. The van der Waals surface area contributed by atoms with Gasteiger partial charge in [0.1, 0.15) is 6.29 Å². The van der Waals surface area contributed by atoms with Gasteiger partial charge in [0.2, 0.25) is 5.91 Å². The molecule has 9 nitrogen and oxygen atoms in total. The first-order valence-electron chi connectivity index (χ1n) is 14.9. The lowest BCUT2D eigenvalue weighted by Crippen LogP contribution is -2.66. The number of piperidine rings is 2. The maximum atomic E-state index is 13.2. The molecule has 7 N–H and O–H groups in total. The SMILES string of the molecule is COC1CNCC(C2CCNC(NC3CC(NC(=O)C4CSC(C5CCNC(C)C5)N4)CCC3C)N2)C1. The van der Waals surface area contributed by atoms with E-state index in [1.165, 1.54) is 12.8 Å². The quantitative estimate of drug-likeness (QED) is 0.250. The van der Waals surface area contributed by atoms with Crippen molar-refractivity contribution in [2.75, 3.05) is 39.0 Å². The molecule has 0 bridgehead atoms. The van der Waals surface area contributed by atoms with Gasteiger partial charge in [0.25, 0.3) is 0 Å². The molecule has 5 rings (SSSR count). The maximum Gasteiger partial charge on any atom is 0.238 e. The standard InChI is InChI=1S/C27H51N7O2S/c1-16-4-5-20(31-25(35)24-15-37-26(32-24)18-6-8-29-17(2)10-18)12-23(16)34-27-30-9-7-22(33-27)19-11-21(36-3)14-28-13-19/h16-24,26-30,32-34H,4-15H2,1-3H3,(H,31,35). The minimum absolute atomic E-state index is 0.0617. The third kappa shape index (κ3) is 7.39. The number of hydrogen-bond acceptors (Lipinski definition) is 9. The van der Waals surface area contributed by atoms with E-state index in [0.717, 1.165) is 64.0 Å². The Morgan fingerprint density at radius 2 is 1.81 bits per heavy atom. The first-order valence-corrected chi connectivity index (χ1v) is 15.9. The van der Waals surface area contributed by atoms with Crippen molar-refractivity contribution >= 4 is 17.7 Å². The van der Waals surface area contributed by atoms with Crippen LogP contribution < -0.4 is 37.2 Å². The van der Waals surface area contributed by atoms with Crippen LogP contribution in [0, 0.1) is 17.8 Å². The summed E-state index contributed by atoms with van der Waals surface area (Å²) in [6.45, 7) is 8.75. The van der Waals surface area contributed by atoms with Gasteiger partial charge < -0.3 is 20.7 Å². The molecule has 11 atom stereocenters. The summed E-state index contributed by atoms with van der Waals surface area (Å²) in [4.78, 5) is 13.2. The van der Waals surface area contributed by atoms with Crippen molar-refractivity contribution in [2.24, 2.45) is 17.8 Å². The first-order chi connectivity index (χ1) is 18.0. The van der Waals surface area contributed by atoms with Crippen LogP contribution in [0.1, 0.15) is 58.8 Å². The lowest BCUT2D eigenvalue weighted by molar-refractivity contribution is -0.123. The van der Waals surface area contributed by atoms with E-state index in [9.17, 15) is 4.79 Å². The number of rotatable bonds is 7. The van der Waals surface area contributed by atoms with Crippen LogP contribution in [0.15, 0.2) is 0 Å². The van der Waals surface area contributed by atoms with Gasteiger partial charge in [-0.1, -0.05) is 6.92 Å². The van der Waals surface area contributed by atoms with Gasteiger partial charge in [-0.3, -0.25) is 26.1 Å². The maximum absolute atomic E-state index is 13.2. The van der Waals surface area contributed by atoms with Gasteiger partial charge in [0, 0.05) is 43.6 Å². The molecule has 1 amide bonds. The molecule has 4 saturated heterocycles. The van der Waals surface area contributed by atoms with E-state index in [-0.39, 0.29) is 24.3 Å². The van der Waals surface area contributed by atoms with Crippen LogP contribution in [0.25, 0.3) is 0 Å². The molecular formula is C27H51N7O2S. The van der Waals surface area contributed by atoms with Crippen LogP contribution >= 0.6 is 11.8 Å². The monoisotopic (exact) mass is 537 g/mol. The van der Waals surface area contributed by atoms with Crippen LogP contribution in [0.5, 0.6) is 0 Å². The number of carbonyl (C=O) groups excluding carboxylic acids is 1. The fraction of sp³-hybridized carbons (Fsp3) is 0.963. The molecule has 10 heteroatoms. The Kier molecular flexibility index (Phi) is 10.1. The summed E-state index contributed by atoms with van der Waals surface area (Å²) in [5, 5.41) is 26.0. The summed E-state index contributed by atoms with van der Waals surface area (Å²) in [6, 6.07) is 1.63. The van der Waals surface area contributed by atoms with Crippen molar-refractivity contribution in [3.05, 3.63) is 0 Å². The lowest BCUT2D eigenvalue weighted by Gasteiger charge is -2.43. The van der Waals surface area contributed by atoms with Crippen LogP contribution in [0.4, 0.5) is 0 Å². The molecule has 4 aliphatic heterocycles. The lowest BCUT2D eigenvalue weighted by atomic mass is 9.82. The molecule has 212 valence electrons. The highest BCUT2D eigenvalue weighted by molar-refractivity contribution is 8.00. The number of amides is 1. The Hall–Kier alpha value is -0.460. The van der Waals surface area contributed by atoms with Crippen LogP contribution in [0.3, 0.4) is 0 Å². The second-order valence-corrected chi connectivity index (χ2v) is 13.5.